The van der Waals surface area contributed by atoms with Gasteiger partial charge in [0.05, 0.1) is 20.3 Å². The first-order valence-corrected chi connectivity index (χ1v) is 12.8. The summed E-state index contributed by atoms with van der Waals surface area (Å²) in [6.07, 6.45) is 5.52. The number of hydrogen-bond donors (Lipinski definition) is 3. The van der Waals surface area contributed by atoms with E-state index < -0.39 is 23.9 Å². The summed E-state index contributed by atoms with van der Waals surface area (Å²) in [5, 5.41) is 25.3. The number of carboxylic acid groups (broad SMARTS) is 1. The van der Waals surface area contributed by atoms with Crippen molar-refractivity contribution < 1.29 is 53.4 Å². The Morgan fingerprint density at radius 1 is 0.721 bits per heavy atom. The lowest BCUT2D eigenvalue weighted by Crippen LogP contribution is -2.12. The fourth-order valence-electron chi connectivity index (χ4n) is 2.49. The van der Waals surface area contributed by atoms with Gasteiger partial charge in [-0.25, -0.2) is 19.2 Å². The molecule has 3 N–H and O–H groups in total. The number of benzene rings is 2. The highest BCUT2D eigenvalue weighted by Gasteiger charge is 2.03. The zero-order chi connectivity index (χ0) is 32.6. The van der Waals surface area contributed by atoms with Gasteiger partial charge in [0, 0.05) is 23.3 Å². The van der Waals surface area contributed by atoms with Crippen LogP contribution in [-0.4, -0.2) is 72.7 Å². The topological polar surface area (TPSA) is 166 Å². The number of ether oxygens (including phenoxy) is 4. The first kappa shape index (κ1) is 38.0. The van der Waals surface area contributed by atoms with Gasteiger partial charge in [-0.15, -0.1) is 0 Å². The van der Waals surface area contributed by atoms with Crippen LogP contribution in [0.3, 0.4) is 0 Å². The van der Waals surface area contributed by atoms with Crippen LogP contribution < -0.4 is 4.74 Å². The maximum atomic E-state index is 11.4. The summed E-state index contributed by atoms with van der Waals surface area (Å²) in [6, 6.07) is 14.2. The molecular formula is C32H38O11. The quantitative estimate of drug-likeness (QED) is 0.133. The molecule has 0 heterocycles. The molecule has 0 radical (unpaired) electrons. The van der Waals surface area contributed by atoms with E-state index in [4.69, 9.17) is 29.5 Å². The van der Waals surface area contributed by atoms with Crippen molar-refractivity contribution in [2.24, 2.45) is 0 Å². The van der Waals surface area contributed by atoms with Crippen molar-refractivity contribution in [2.45, 2.75) is 20.5 Å². The molecule has 2 aromatic rings. The van der Waals surface area contributed by atoms with Gasteiger partial charge in [-0.3, -0.25) is 0 Å². The lowest BCUT2D eigenvalue weighted by atomic mass is 10.1. The minimum absolute atomic E-state index is 0.00290. The highest BCUT2D eigenvalue weighted by atomic mass is 16.6. The minimum Gasteiger partial charge on any atom is -0.497 e. The Labute approximate surface area is 251 Å². The number of rotatable bonds is 13. The van der Waals surface area contributed by atoms with Gasteiger partial charge in [-0.2, -0.15) is 0 Å². The second kappa shape index (κ2) is 22.7. The van der Waals surface area contributed by atoms with E-state index in [9.17, 15) is 19.2 Å². The lowest BCUT2D eigenvalue weighted by Gasteiger charge is -2.04. The van der Waals surface area contributed by atoms with Gasteiger partial charge in [-0.05, 0) is 54.8 Å². The summed E-state index contributed by atoms with van der Waals surface area (Å²) in [5.41, 5.74) is 3.12. The average Bonchev–Trinajstić information content (AvgIpc) is 3.00. The molecule has 0 unspecified atom stereocenters. The molecule has 0 aliphatic carbocycles. The highest BCUT2D eigenvalue weighted by Crippen LogP contribution is 2.12. The average molecular weight is 599 g/mol. The van der Waals surface area contributed by atoms with Crippen molar-refractivity contribution in [3.63, 3.8) is 0 Å². The molecular weight excluding hydrogens is 560 g/mol. The zero-order valence-electron chi connectivity index (χ0n) is 24.5. The number of carboxylic acids is 1. The van der Waals surface area contributed by atoms with Crippen molar-refractivity contribution >= 4 is 36.0 Å². The molecule has 2 rings (SSSR count). The third-order valence-corrected chi connectivity index (χ3v) is 4.69. The van der Waals surface area contributed by atoms with Crippen molar-refractivity contribution in [1.29, 1.82) is 0 Å². The van der Waals surface area contributed by atoms with Crippen LogP contribution in [0.15, 0.2) is 85.0 Å². The standard InChI is InChI=1S/C16H18O5.C10H10O3.C6H10O3/c1-12(2)16(18)21-11-10-20-15(17)9-6-13-4-7-14(19-3)8-5-13;11-7-9-3-1-8(2-4-9)5-6-10(12)13;1-5(2)6(8)9-4-3-7/h4-9H,1,10-11H2,2-3H3;1-6,11H,7H2,(H,12,13);7H,1,3-4H2,2H3/b9-6+;6-5+;. The van der Waals surface area contributed by atoms with Gasteiger partial charge >= 0.3 is 23.9 Å². The van der Waals surface area contributed by atoms with Gasteiger partial charge in [0.15, 0.2) is 0 Å². The minimum atomic E-state index is -0.966. The van der Waals surface area contributed by atoms with Gasteiger partial charge in [0.25, 0.3) is 0 Å². The van der Waals surface area contributed by atoms with Crippen molar-refractivity contribution in [3.05, 3.63) is 102 Å². The van der Waals surface area contributed by atoms with E-state index in [0.29, 0.717) is 11.1 Å². The summed E-state index contributed by atoms with van der Waals surface area (Å²) >= 11 is 0. The Balaban J connectivity index is 0.000000682. The Kier molecular flexibility index (Phi) is 20.0. The van der Waals surface area contributed by atoms with Crippen LogP contribution in [0.1, 0.15) is 30.5 Å². The first-order chi connectivity index (χ1) is 20.4. The monoisotopic (exact) mass is 598 g/mol. The normalized spacial score (nSPS) is 9.98. The summed E-state index contributed by atoms with van der Waals surface area (Å²) in [7, 11) is 1.59. The third-order valence-electron chi connectivity index (χ3n) is 4.69. The molecule has 0 aliphatic rings. The van der Waals surface area contributed by atoms with Gasteiger partial charge in [-0.1, -0.05) is 49.6 Å². The van der Waals surface area contributed by atoms with Crippen molar-refractivity contribution in [3.8, 4) is 5.75 Å². The number of methoxy groups -OCH3 is 1. The predicted molar refractivity (Wildman–Crippen MR) is 161 cm³/mol. The second-order valence-corrected chi connectivity index (χ2v) is 8.40. The van der Waals surface area contributed by atoms with E-state index >= 15 is 0 Å². The third kappa shape index (κ3) is 19.7. The van der Waals surface area contributed by atoms with Crippen LogP contribution in [0.5, 0.6) is 5.75 Å². The Morgan fingerprint density at radius 2 is 1.19 bits per heavy atom. The maximum Gasteiger partial charge on any atom is 0.333 e. The van der Waals surface area contributed by atoms with E-state index in [1.165, 1.54) is 12.2 Å². The molecule has 232 valence electrons. The van der Waals surface area contributed by atoms with Crippen LogP contribution in [0.2, 0.25) is 0 Å². The van der Waals surface area contributed by atoms with Crippen LogP contribution in [0.25, 0.3) is 12.2 Å². The molecule has 0 fully saturated rings. The summed E-state index contributed by atoms with van der Waals surface area (Å²) in [4.78, 5) is 43.1. The van der Waals surface area contributed by atoms with E-state index in [-0.39, 0.29) is 33.0 Å². The van der Waals surface area contributed by atoms with Gasteiger partial charge < -0.3 is 34.3 Å². The van der Waals surface area contributed by atoms with E-state index in [1.807, 2.05) is 12.1 Å². The number of esters is 3. The van der Waals surface area contributed by atoms with Gasteiger partial charge in [0.2, 0.25) is 0 Å². The van der Waals surface area contributed by atoms with Crippen molar-refractivity contribution in [1.82, 2.24) is 0 Å². The molecule has 0 bridgehead atoms. The van der Waals surface area contributed by atoms with Crippen molar-refractivity contribution in [2.75, 3.05) is 33.5 Å². The molecule has 0 aromatic heterocycles. The van der Waals surface area contributed by atoms with E-state index in [2.05, 4.69) is 17.9 Å². The number of carbonyl (C=O) groups is 4. The zero-order valence-corrected chi connectivity index (χ0v) is 24.5. The smallest absolute Gasteiger partial charge is 0.333 e. The molecule has 11 nitrogen and oxygen atoms in total. The predicted octanol–water partition coefficient (Wildman–Crippen LogP) is 3.75. The second-order valence-electron chi connectivity index (χ2n) is 8.40. The van der Waals surface area contributed by atoms with Crippen LogP contribution >= 0.6 is 0 Å². The van der Waals surface area contributed by atoms with E-state index in [1.54, 1.807) is 63.4 Å². The molecule has 0 aliphatic heterocycles. The van der Waals surface area contributed by atoms with E-state index in [0.717, 1.165) is 28.5 Å². The molecule has 2 aromatic carbocycles. The van der Waals surface area contributed by atoms with Crippen LogP contribution in [-0.2, 0) is 40.0 Å². The van der Waals surface area contributed by atoms with Crippen LogP contribution in [0, 0.1) is 0 Å². The highest BCUT2D eigenvalue weighted by molar-refractivity contribution is 5.88. The Hall–Kier alpha value is -5.00. The molecule has 0 atom stereocenters. The molecule has 0 spiro atoms. The lowest BCUT2D eigenvalue weighted by molar-refractivity contribution is -0.146. The number of aliphatic hydroxyl groups is 2. The number of aliphatic carboxylic acids is 1. The number of aliphatic hydroxyl groups excluding tert-OH is 2. The fraction of sp³-hybridized carbons (Fsp3) is 0.250. The largest absolute Gasteiger partial charge is 0.497 e. The van der Waals surface area contributed by atoms with Gasteiger partial charge in [0.1, 0.15) is 25.6 Å². The fourth-order valence-corrected chi connectivity index (χ4v) is 2.49. The molecule has 0 saturated carbocycles. The maximum absolute atomic E-state index is 11.4. The first-order valence-electron chi connectivity index (χ1n) is 12.8. The number of hydrogen-bond acceptors (Lipinski definition) is 10. The SMILES string of the molecule is C=C(C)C(=O)OCCO.C=C(C)C(=O)OCCOC(=O)/C=C/c1ccc(OC)cc1.O=C(O)/C=C/c1ccc(CO)cc1. The summed E-state index contributed by atoms with van der Waals surface area (Å²) < 4.78 is 19.2. The molecule has 43 heavy (non-hydrogen) atoms. The summed E-state index contributed by atoms with van der Waals surface area (Å²) in [6.45, 7) is 9.82. The number of carbonyl (C=O) groups excluding carboxylic acids is 3. The summed E-state index contributed by atoms with van der Waals surface area (Å²) in [5.74, 6) is -1.68. The molecule has 0 amide bonds. The Bertz CT molecular complexity index is 1240. The van der Waals surface area contributed by atoms with Crippen LogP contribution in [0.4, 0.5) is 0 Å². The molecule has 11 heteroatoms. The Morgan fingerprint density at radius 3 is 1.63 bits per heavy atom. The molecule has 0 saturated heterocycles.